The van der Waals surface area contributed by atoms with E-state index in [1.807, 2.05) is 0 Å². The Labute approximate surface area is 109 Å². The van der Waals surface area contributed by atoms with E-state index in [1.54, 1.807) is 37.3 Å². The molecule has 0 saturated heterocycles. The highest BCUT2D eigenvalue weighted by atomic mass is 35.5. The largest absolute Gasteiger partial charge is 0.322 e. The highest BCUT2D eigenvalue weighted by Gasteiger charge is 2.11. The van der Waals surface area contributed by atoms with Gasteiger partial charge in [0.25, 0.3) is 5.91 Å². The van der Waals surface area contributed by atoms with Crippen LogP contribution in [0.1, 0.15) is 15.9 Å². The summed E-state index contributed by atoms with van der Waals surface area (Å²) >= 11 is 5.92. The van der Waals surface area contributed by atoms with E-state index in [0.29, 0.717) is 16.3 Å². The van der Waals surface area contributed by atoms with Gasteiger partial charge in [0.1, 0.15) is 5.82 Å². The molecule has 0 aromatic heterocycles. The number of hydrogen-bond donors (Lipinski definition) is 1. The molecule has 0 aliphatic carbocycles. The van der Waals surface area contributed by atoms with E-state index in [2.05, 4.69) is 5.32 Å². The van der Waals surface area contributed by atoms with Gasteiger partial charge in [0.05, 0.1) is 10.6 Å². The summed E-state index contributed by atoms with van der Waals surface area (Å²) < 4.78 is 13.1. The van der Waals surface area contributed by atoms with Crippen LogP contribution < -0.4 is 5.32 Å². The fraction of sp³-hybridized carbons (Fsp3) is 0.0714. The first kappa shape index (κ1) is 12.6. The van der Waals surface area contributed by atoms with Gasteiger partial charge in [-0.05, 0) is 36.8 Å². The minimum Gasteiger partial charge on any atom is -0.322 e. The van der Waals surface area contributed by atoms with Crippen molar-refractivity contribution in [2.45, 2.75) is 6.92 Å². The number of aryl methyl sites for hydroxylation is 1. The second-order valence-electron chi connectivity index (χ2n) is 3.89. The molecule has 0 bridgehead atoms. The summed E-state index contributed by atoms with van der Waals surface area (Å²) in [7, 11) is 0. The zero-order valence-electron chi connectivity index (χ0n) is 9.71. The number of halogens is 2. The maximum absolute atomic E-state index is 13.1. The van der Waals surface area contributed by atoms with Crippen molar-refractivity contribution < 1.29 is 9.18 Å². The lowest BCUT2D eigenvalue weighted by Crippen LogP contribution is -2.13. The fourth-order valence-electron chi connectivity index (χ4n) is 1.56. The Morgan fingerprint density at radius 3 is 2.67 bits per heavy atom. The molecule has 2 rings (SSSR count). The number of amides is 1. The molecule has 2 aromatic rings. The van der Waals surface area contributed by atoms with Crippen molar-refractivity contribution in [2.75, 3.05) is 5.32 Å². The molecule has 0 unspecified atom stereocenters. The predicted molar refractivity (Wildman–Crippen MR) is 70.5 cm³/mol. The lowest BCUT2D eigenvalue weighted by molar-refractivity contribution is 0.102. The summed E-state index contributed by atoms with van der Waals surface area (Å²) in [6, 6.07) is 11.0. The highest BCUT2D eigenvalue weighted by Crippen LogP contribution is 2.20. The van der Waals surface area contributed by atoms with Crippen molar-refractivity contribution in [3.63, 3.8) is 0 Å². The molecular weight excluding hydrogens is 253 g/mol. The van der Waals surface area contributed by atoms with Gasteiger partial charge in [0.15, 0.2) is 0 Å². The Balaban J connectivity index is 2.27. The van der Waals surface area contributed by atoms with Gasteiger partial charge in [-0.15, -0.1) is 0 Å². The van der Waals surface area contributed by atoms with E-state index in [1.165, 1.54) is 12.1 Å². The van der Waals surface area contributed by atoms with Gasteiger partial charge in [-0.3, -0.25) is 4.79 Å². The summed E-state index contributed by atoms with van der Waals surface area (Å²) in [5, 5.41) is 3.01. The molecule has 0 atom stereocenters. The van der Waals surface area contributed by atoms with Gasteiger partial charge in [-0.1, -0.05) is 29.8 Å². The molecule has 18 heavy (non-hydrogen) atoms. The second-order valence-corrected chi connectivity index (χ2v) is 4.30. The molecular formula is C14H11ClFNO. The van der Waals surface area contributed by atoms with Crippen molar-refractivity contribution in [2.24, 2.45) is 0 Å². The topological polar surface area (TPSA) is 29.1 Å². The molecule has 2 aromatic carbocycles. The van der Waals surface area contributed by atoms with Crippen LogP contribution >= 0.6 is 11.6 Å². The van der Waals surface area contributed by atoms with Crippen molar-refractivity contribution in [3.8, 4) is 0 Å². The molecule has 0 heterocycles. The van der Waals surface area contributed by atoms with Crippen molar-refractivity contribution in [1.82, 2.24) is 0 Å². The third kappa shape index (κ3) is 2.68. The lowest BCUT2D eigenvalue weighted by Gasteiger charge is -2.09. The van der Waals surface area contributed by atoms with Crippen molar-refractivity contribution in [1.29, 1.82) is 0 Å². The standard InChI is InChI=1S/C14H11ClFNO/c1-9-6-7-10(16)8-13(9)17-14(18)11-4-2-3-5-12(11)15/h2-8H,1H3,(H,17,18). The van der Waals surface area contributed by atoms with Crippen molar-refractivity contribution >= 4 is 23.2 Å². The third-order valence-electron chi connectivity index (χ3n) is 2.57. The Morgan fingerprint density at radius 1 is 1.22 bits per heavy atom. The Bertz CT molecular complexity index is 598. The fourth-order valence-corrected chi connectivity index (χ4v) is 1.79. The Hall–Kier alpha value is -1.87. The zero-order valence-corrected chi connectivity index (χ0v) is 10.5. The molecule has 0 aliphatic rings. The van der Waals surface area contributed by atoms with Crippen LogP contribution in [0, 0.1) is 12.7 Å². The quantitative estimate of drug-likeness (QED) is 0.870. The molecule has 1 N–H and O–H groups in total. The van der Waals surface area contributed by atoms with E-state index < -0.39 is 5.82 Å². The number of hydrogen-bond acceptors (Lipinski definition) is 1. The first-order valence-corrected chi connectivity index (χ1v) is 5.78. The average Bonchev–Trinajstić information content (AvgIpc) is 2.34. The zero-order chi connectivity index (χ0) is 13.1. The average molecular weight is 264 g/mol. The Kier molecular flexibility index (Phi) is 3.63. The monoisotopic (exact) mass is 263 g/mol. The van der Waals surface area contributed by atoms with Crippen LogP contribution in [0.25, 0.3) is 0 Å². The molecule has 0 radical (unpaired) electrons. The normalized spacial score (nSPS) is 10.2. The first-order chi connectivity index (χ1) is 8.58. The van der Waals surface area contributed by atoms with E-state index in [-0.39, 0.29) is 5.91 Å². The van der Waals surface area contributed by atoms with Crippen LogP contribution in [-0.2, 0) is 0 Å². The number of carbonyl (C=O) groups is 1. The van der Waals surface area contributed by atoms with Gasteiger partial charge in [-0.2, -0.15) is 0 Å². The minimum absolute atomic E-state index is 0.352. The third-order valence-corrected chi connectivity index (χ3v) is 2.90. The van der Waals surface area contributed by atoms with Crippen LogP contribution in [0.15, 0.2) is 42.5 Å². The number of benzene rings is 2. The van der Waals surface area contributed by atoms with Gasteiger partial charge < -0.3 is 5.32 Å². The van der Waals surface area contributed by atoms with Gasteiger partial charge in [-0.25, -0.2) is 4.39 Å². The summed E-state index contributed by atoms with van der Waals surface area (Å²) in [5.41, 5.74) is 1.60. The number of anilines is 1. The Morgan fingerprint density at radius 2 is 1.94 bits per heavy atom. The van der Waals surface area contributed by atoms with Crippen LogP contribution in [0.5, 0.6) is 0 Å². The molecule has 92 valence electrons. The van der Waals surface area contributed by atoms with Gasteiger partial charge in [0.2, 0.25) is 0 Å². The molecule has 0 aliphatic heterocycles. The smallest absolute Gasteiger partial charge is 0.257 e. The SMILES string of the molecule is Cc1ccc(F)cc1NC(=O)c1ccccc1Cl. The van der Waals surface area contributed by atoms with E-state index in [0.717, 1.165) is 5.56 Å². The van der Waals surface area contributed by atoms with Gasteiger partial charge in [0, 0.05) is 5.69 Å². The maximum atomic E-state index is 13.1. The predicted octanol–water partition coefficient (Wildman–Crippen LogP) is 4.04. The van der Waals surface area contributed by atoms with Crippen molar-refractivity contribution in [3.05, 3.63) is 64.4 Å². The summed E-state index contributed by atoms with van der Waals surface area (Å²) in [5.74, 6) is -0.746. The maximum Gasteiger partial charge on any atom is 0.257 e. The highest BCUT2D eigenvalue weighted by molar-refractivity contribution is 6.34. The summed E-state index contributed by atoms with van der Waals surface area (Å²) in [4.78, 5) is 12.0. The summed E-state index contributed by atoms with van der Waals surface area (Å²) in [6.07, 6.45) is 0. The van der Waals surface area contributed by atoms with Crippen LogP contribution in [0.2, 0.25) is 5.02 Å². The number of carbonyl (C=O) groups excluding carboxylic acids is 1. The van der Waals surface area contributed by atoms with Crippen LogP contribution in [-0.4, -0.2) is 5.91 Å². The lowest BCUT2D eigenvalue weighted by atomic mass is 10.1. The molecule has 0 fully saturated rings. The number of rotatable bonds is 2. The van der Waals surface area contributed by atoms with Crippen LogP contribution in [0.4, 0.5) is 10.1 Å². The van der Waals surface area contributed by atoms with E-state index in [4.69, 9.17) is 11.6 Å². The van der Waals surface area contributed by atoms with Gasteiger partial charge >= 0.3 is 0 Å². The molecule has 0 spiro atoms. The van der Waals surface area contributed by atoms with E-state index >= 15 is 0 Å². The minimum atomic E-state index is -0.393. The second kappa shape index (κ2) is 5.19. The molecule has 4 heteroatoms. The van der Waals surface area contributed by atoms with Crippen LogP contribution in [0.3, 0.4) is 0 Å². The molecule has 2 nitrogen and oxygen atoms in total. The molecule has 0 saturated carbocycles. The van der Waals surface area contributed by atoms with E-state index in [9.17, 15) is 9.18 Å². The molecule has 1 amide bonds. The first-order valence-electron chi connectivity index (χ1n) is 5.40. The summed E-state index contributed by atoms with van der Waals surface area (Å²) in [6.45, 7) is 1.79. The number of nitrogens with one attached hydrogen (secondary N) is 1.